The van der Waals surface area contributed by atoms with Crippen molar-refractivity contribution in [2.45, 2.75) is 19.3 Å². The Kier molecular flexibility index (Phi) is 1.64. The van der Waals surface area contributed by atoms with Crippen LogP contribution in [-0.4, -0.2) is 16.1 Å². The van der Waals surface area contributed by atoms with Crippen molar-refractivity contribution in [3.63, 3.8) is 0 Å². The lowest BCUT2D eigenvalue weighted by molar-refractivity contribution is 0.0691. The standard InChI is InChI=1S/C9H11NO2/c11-9(12)8-4-7(5-10-8)3-6-1-2-6/h4-6,10H,1-3H2,(H,11,12). The second-order valence-corrected chi connectivity index (χ2v) is 3.37. The first kappa shape index (κ1) is 7.40. The third-order valence-corrected chi connectivity index (χ3v) is 2.19. The Balaban J connectivity index is 2.06. The van der Waals surface area contributed by atoms with Gasteiger partial charge in [-0.1, -0.05) is 0 Å². The molecule has 0 aliphatic heterocycles. The van der Waals surface area contributed by atoms with E-state index in [1.165, 1.54) is 12.8 Å². The summed E-state index contributed by atoms with van der Waals surface area (Å²) in [4.78, 5) is 13.2. The van der Waals surface area contributed by atoms with Gasteiger partial charge in [-0.15, -0.1) is 0 Å². The highest BCUT2D eigenvalue weighted by molar-refractivity contribution is 5.85. The van der Waals surface area contributed by atoms with Gasteiger partial charge in [-0.25, -0.2) is 4.79 Å². The molecular weight excluding hydrogens is 154 g/mol. The molecule has 1 aromatic rings. The van der Waals surface area contributed by atoms with Crippen LogP contribution >= 0.6 is 0 Å². The number of carboxylic acid groups (broad SMARTS) is 1. The highest BCUT2D eigenvalue weighted by Crippen LogP contribution is 2.32. The minimum atomic E-state index is -0.878. The van der Waals surface area contributed by atoms with E-state index in [0.29, 0.717) is 5.69 Å². The summed E-state index contributed by atoms with van der Waals surface area (Å²) in [7, 11) is 0. The van der Waals surface area contributed by atoms with Crippen molar-refractivity contribution >= 4 is 5.97 Å². The summed E-state index contributed by atoms with van der Waals surface area (Å²) in [6.07, 6.45) is 5.42. The number of aromatic amines is 1. The molecule has 1 heterocycles. The van der Waals surface area contributed by atoms with E-state index < -0.39 is 5.97 Å². The fourth-order valence-corrected chi connectivity index (χ4v) is 1.34. The van der Waals surface area contributed by atoms with E-state index in [1.54, 1.807) is 12.3 Å². The predicted molar refractivity (Wildman–Crippen MR) is 44.2 cm³/mol. The number of hydrogen-bond donors (Lipinski definition) is 2. The number of rotatable bonds is 3. The van der Waals surface area contributed by atoms with Crippen LogP contribution in [0.1, 0.15) is 28.9 Å². The Morgan fingerprint density at radius 2 is 2.42 bits per heavy atom. The van der Waals surface area contributed by atoms with Crippen molar-refractivity contribution in [3.8, 4) is 0 Å². The SMILES string of the molecule is O=C(O)c1cc(CC2CC2)c[nH]1. The van der Waals surface area contributed by atoms with Gasteiger partial charge in [-0.05, 0) is 36.8 Å². The molecule has 2 N–H and O–H groups in total. The van der Waals surface area contributed by atoms with Gasteiger partial charge < -0.3 is 10.1 Å². The maximum Gasteiger partial charge on any atom is 0.352 e. The van der Waals surface area contributed by atoms with Gasteiger partial charge in [0.2, 0.25) is 0 Å². The number of carbonyl (C=O) groups is 1. The highest BCUT2D eigenvalue weighted by atomic mass is 16.4. The fourth-order valence-electron chi connectivity index (χ4n) is 1.34. The molecule has 0 bridgehead atoms. The molecule has 1 fully saturated rings. The summed E-state index contributed by atoms with van der Waals surface area (Å²) < 4.78 is 0. The molecule has 0 radical (unpaired) electrons. The fraction of sp³-hybridized carbons (Fsp3) is 0.444. The van der Waals surface area contributed by atoms with Crippen molar-refractivity contribution in [2.24, 2.45) is 5.92 Å². The number of H-pyrrole nitrogens is 1. The van der Waals surface area contributed by atoms with E-state index in [0.717, 1.165) is 17.9 Å². The molecule has 0 aromatic carbocycles. The van der Waals surface area contributed by atoms with E-state index in [2.05, 4.69) is 4.98 Å². The number of carboxylic acids is 1. The van der Waals surface area contributed by atoms with Crippen molar-refractivity contribution < 1.29 is 9.90 Å². The van der Waals surface area contributed by atoms with Crippen LogP contribution in [0.15, 0.2) is 12.3 Å². The lowest BCUT2D eigenvalue weighted by atomic mass is 10.2. The first-order chi connectivity index (χ1) is 5.75. The Morgan fingerprint density at radius 3 is 2.92 bits per heavy atom. The summed E-state index contributed by atoms with van der Waals surface area (Å²) in [5.74, 6) is -0.0699. The van der Waals surface area contributed by atoms with Crippen molar-refractivity contribution in [2.75, 3.05) is 0 Å². The second-order valence-electron chi connectivity index (χ2n) is 3.37. The highest BCUT2D eigenvalue weighted by Gasteiger charge is 2.22. The van der Waals surface area contributed by atoms with Gasteiger partial charge in [0.05, 0.1) is 0 Å². The quantitative estimate of drug-likeness (QED) is 0.715. The van der Waals surface area contributed by atoms with Crippen LogP contribution in [0.25, 0.3) is 0 Å². The first-order valence-electron chi connectivity index (χ1n) is 4.16. The molecule has 64 valence electrons. The van der Waals surface area contributed by atoms with Crippen LogP contribution in [0.4, 0.5) is 0 Å². The molecule has 0 amide bonds. The third-order valence-electron chi connectivity index (χ3n) is 2.19. The molecule has 3 nitrogen and oxygen atoms in total. The van der Waals surface area contributed by atoms with Crippen LogP contribution in [0.5, 0.6) is 0 Å². The van der Waals surface area contributed by atoms with E-state index in [-0.39, 0.29) is 0 Å². The lowest BCUT2D eigenvalue weighted by Gasteiger charge is -1.89. The smallest absolute Gasteiger partial charge is 0.352 e. The van der Waals surface area contributed by atoms with Crippen LogP contribution in [0.3, 0.4) is 0 Å². The predicted octanol–water partition coefficient (Wildman–Crippen LogP) is 1.67. The molecule has 0 unspecified atom stereocenters. The minimum Gasteiger partial charge on any atom is -0.477 e. The normalized spacial score (nSPS) is 16.3. The van der Waals surface area contributed by atoms with Gasteiger partial charge >= 0.3 is 5.97 Å². The Labute approximate surface area is 70.4 Å². The Morgan fingerprint density at radius 1 is 1.67 bits per heavy atom. The van der Waals surface area contributed by atoms with Crippen molar-refractivity contribution in [3.05, 3.63) is 23.5 Å². The zero-order valence-electron chi connectivity index (χ0n) is 6.71. The Bertz CT molecular complexity index is 299. The van der Waals surface area contributed by atoms with E-state index in [9.17, 15) is 4.79 Å². The summed E-state index contributed by atoms with van der Waals surface area (Å²) in [5.41, 5.74) is 1.42. The summed E-state index contributed by atoms with van der Waals surface area (Å²) in [6, 6.07) is 1.72. The number of nitrogens with one attached hydrogen (secondary N) is 1. The van der Waals surface area contributed by atoms with Crippen LogP contribution in [0, 0.1) is 5.92 Å². The van der Waals surface area contributed by atoms with Crippen molar-refractivity contribution in [1.29, 1.82) is 0 Å². The average Bonchev–Trinajstić information content (AvgIpc) is 2.66. The van der Waals surface area contributed by atoms with Gasteiger partial charge in [0, 0.05) is 6.20 Å². The molecule has 2 rings (SSSR count). The summed E-state index contributed by atoms with van der Waals surface area (Å²) in [6.45, 7) is 0. The van der Waals surface area contributed by atoms with E-state index >= 15 is 0 Å². The van der Waals surface area contributed by atoms with Gasteiger partial charge in [-0.2, -0.15) is 0 Å². The molecule has 3 heteroatoms. The number of aromatic nitrogens is 1. The molecule has 1 aromatic heterocycles. The zero-order chi connectivity index (χ0) is 8.55. The second kappa shape index (κ2) is 2.66. The summed E-state index contributed by atoms with van der Waals surface area (Å²) >= 11 is 0. The van der Waals surface area contributed by atoms with E-state index in [1.807, 2.05) is 0 Å². The summed E-state index contributed by atoms with van der Waals surface area (Å²) in [5, 5.41) is 8.62. The molecule has 1 aliphatic carbocycles. The molecule has 12 heavy (non-hydrogen) atoms. The van der Waals surface area contributed by atoms with Gasteiger partial charge in [0.1, 0.15) is 5.69 Å². The minimum absolute atomic E-state index is 0.297. The third kappa shape index (κ3) is 1.49. The molecule has 1 aliphatic rings. The molecule has 0 saturated heterocycles. The van der Waals surface area contributed by atoms with E-state index in [4.69, 9.17) is 5.11 Å². The van der Waals surface area contributed by atoms with Crippen molar-refractivity contribution in [1.82, 2.24) is 4.98 Å². The topological polar surface area (TPSA) is 53.1 Å². The zero-order valence-corrected chi connectivity index (χ0v) is 6.71. The number of aromatic carboxylic acids is 1. The Hall–Kier alpha value is -1.25. The van der Waals surface area contributed by atoms with Gasteiger partial charge in [0.25, 0.3) is 0 Å². The maximum absolute atomic E-state index is 10.5. The van der Waals surface area contributed by atoms with Gasteiger partial charge in [0.15, 0.2) is 0 Å². The van der Waals surface area contributed by atoms with Crippen LogP contribution < -0.4 is 0 Å². The van der Waals surface area contributed by atoms with Gasteiger partial charge in [-0.3, -0.25) is 0 Å². The number of hydrogen-bond acceptors (Lipinski definition) is 1. The molecule has 0 atom stereocenters. The lowest BCUT2D eigenvalue weighted by Crippen LogP contribution is -1.94. The average molecular weight is 165 g/mol. The molecule has 1 saturated carbocycles. The van der Waals surface area contributed by atoms with Crippen LogP contribution in [0.2, 0.25) is 0 Å². The molecule has 0 spiro atoms. The maximum atomic E-state index is 10.5. The largest absolute Gasteiger partial charge is 0.477 e. The molecular formula is C9H11NO2. The van der Waals surface area contributed by atoms with Crippen LogP contribution in [-0.2, 0) is 6.42 Å². The first-order valence-corrected chi connectivity index (χ1v) is 4.16. The monoisotopic (exact) mass is 165 g/mol.